The first-order valence-corrected chi connectivity index (χ1v) is 8.86. The average Bonchev–Trinajstić information content (AvgIpc) is 3.08. The third kappa shape index (κ3) is 5.19. The summed E-state index contributed by atoms with van der Waals surface area (Å²) >= 11 is 0. The molecule has 6 nitrogen and oxygen atoms in total. The minimum absolute atomic E-state index is 0.0768. The summed E-state index contributed by atoms with van der Waals surface area (Å²) in [4.78, 5) is 26.7. The Hall–Kier alpha value is -2.08. The zero-order valence-corrected chi connectivity index (χ0v) is 15.1. The standard InChI is InChI=1S/C19H28N2O4/c1-13(2)17(18(23)21-11-7-10-16(21)14(3)22)20-19(24)25-12-15-8-5-4-6-9-15/h4-6,8-9,13-14,16-17,22H,7,10-12H2,1-3H3,(H,20,24)/t14-,16?,17-/m0/s1. The second-order valence-corrected chi connectivity index (χ2v) is 6.91. The molecule has 2 rings (SSSR count). The molecule has 0 aromatic heterocycles. The molecule has 1 aromatic carbocycles. The highest BCUT2D eigenvalue weighted by molar-refractivity contribution is 5.86. The van der Waals surface area contributed by atoms with Crippen molar-refractivity contribution in [2.75, 3.05) is 6.54 Å². The van der Waals surface area contributed by atoms with Gasteiger partial charge in [-0.2, -0.15) is 0 Å². The minimum atomic E-state index is -0.664. The van der Waals surface area contributed by atoms with Crippen molar-refractivity contribution in [1.29, 1.82) is 0 Å². The van der Waals surface area contributed by atoms with Gasteiger partial charge in [-0.1, -0.05) is 44.2 Å². The molecule has 1 aliphatic heterocycles. The van der Waals surface area contributed by atoms with Crippen molar-refractivity contribution in [2.24, 2.45) is 5.92 Å². The summed E-state index contributed by atoms with van der Waals surface area (Å²) in [6.07, 6.45) is 0.463. The summed E-state index contributed by atoms with van der Waals surface area (Å²) < 4.78 is 5.23. The van der Waals surface area contributed by atoms with Crippen LogP contribution in [0.5, 0.6) is 0 Å². The molecule has 0 bridgehead atoms. The fourth-order valence-electron chi connectivity index (χ4n) is 3.15. The van der Waals surface area contributed by atoms with E-state index in [2.05, 4.69) is 5.32 Å². The molecule has 2 amide bonds. The number of carbonyl (C=O) groups is 2. The molecule has 1 unspecified atom stereocenters. The van der Waals surface area contributed by atoms with Gasteiger partial charge < -0.3 is 20.1 Å². The molecule has 6 heteroatoms. The molecule has 2 N–H and O–H groups in total. The topological polar surface area (TPSA) is 78.9 Å². The Morgan fingerprint density at radius 1 is 1.28 bits per heavy atom. The molecule has 1 fully saturated rings. The summed E-state index contributed by atoms with van der Waals surface area (Å²) in [7, 11) is 0. The fraction of sp³-hybridized carbons (Fsp3) is 0.579. The van der Waals surface area contributed by atoms with E-state index in [1.165, 1.54) is 0 Å². The van der Waals surface area contributed by atoms with Gasteiger partial charge in [-0.15, -0.1) is 0 Å². The van der Waals surface area contributed by atoms with Gasteiger partial charge in [-0.05, 0) is 31.2 Å². The van der Waals surface area contributed by atoms with E-state index < -0.39 is 18.2 Å². The maximum absolute atomic E-state index is 12.9. The number of rotatable bonds is 6. The van der Waals surface area contributed by atoms with Gasteiger partial charge in [0.05, 0.1) is 12.1 Å². The molecule has 25 heavy (non-hydrogen) atoms. The molecular weight excluding hydrogens is 320 g/mol. The van der Waals surface area contributed by atoms with Crippen molar-refractivity contribution in [1.82, 2.24) is 10.2 Å². The van der Waals surface area contributed by atoms with Crippen LogP contribution in [0.4, 0.5) is 4.79 Å². The lowest BCUT2D eigenvalue weighted by molar-refractivity contribution is -0.137. The van der Waals surface area contributed by atoms with Crippen molar-refractivity contribution < 1.29 is 19.4 Å². The third-order valence-corrected chi connectivity index (χ3v) is 4.56. The zero-order chi connectivity index (χ0) is 18.4. The van der Waals surface area contributed by atoms with Crippen molar-refractivity contribution in [3.8, 4) is 0 Å². The van der Waals surface area contributed by atoms with Gasteiger partial charge in [0.2, 0.25) is 5.91 Å². The fourth-order valence-corrected chi connectivity index (χ4v) is 3.15. The van der Waals surface area contributed by atoms with E-state index >= 15 is 0 Å². The number of aliphatic hydroxyl groups is 1. The lowest BCUT2D eigenvalue weighted by Gasteiger charge is -2.32. The Kier molecular flexibility index (Phi) is 6.82. The van der Waals surface area contributed by atoms with Crippen LogP contribution < -0.4 is 5.32 Å². The predicted octanol–water partition coefficient (Wildman–Crippen LogP) is 2.31. The Balaban J connectivity index is 1.95. The average molecular weight is 348 g/mol. The molecule has 0 spiro atoms. The zero-order valence-electron chi connectivity index (χ0n) is 15.1. The van der Waals surface area contributed by atoms with Crippen LogP contribution in [0.3, 0.4) is 0 Å². The second kappa shape index (κ2) is 8.85. The summed E-state index contributed by atoms with van der Waals surface area (Å²) in [5.74, 6) is -0.234. The summed E-state index contributed by atoms with van der Waals surface area (Å²) in [6.45, 7) is 6.23. The molecule has 1 aliphatic rings. The monoisotopic (exact) mass is 348 g/mol. The van der Waals surface area contributed by atoms with E-state index in [0.29, 0.717) is 6.54 Å². The maximum atomic E-state index is 12.9. The van der Waals surface area contributed by atoms with Crippen molar-refractivity contribution >= 4 is 12.0 Å². The Bertz CT molecular complexity index is 574. The van der Waals surface area contributed by atoms with Gasteiger partial charge in [-0.3, -0.25) is 4.79 Å². The van der Waals surface area contributed by atoms with Crippen molar-refractivity contribution in [3.05, 3.63) is 35.9 Å². The molecule has 1 saturated heterocycles. The van der Waals surface area contributed by atoms with Crippen molar-refractivity contribution in [3.63, 3.8) is 0 Å². The number of benzene rings is 1. The number of nitrogens with zero attached hydrogens (tertiary/aromatic N) is 1. The summed E-state index contributed by atoms with van der Waals surface area (Å²) in [6, 6.07) is 8.54. The van der Waals surface area contributed by atoms with Gasteiger partial charge >= 0.3 is 6.09 Å². The van der Waals surface area contributed by atoms with E-state index in [9.17, 15) is 14.7 Å². The van der Waals surface area contributed by atoms with Gasteiger partial charge in [0, 0.05) is 6.54 Å². The lowest BCUT2D eigenvalue weighted by Crippen LogP contribution is -2.54. The van der Waals surface area contributed by atoms with Crippen molar-refractivity contribution in [2.45, 2.75) is 58.4 Å². The molecule has 3 atom stereocenters. The van der Waals surface area contributed by atoms with E-state index in [1.807, 2.05) is 44.2 Å². The number of amides is 2. The van der Waals surface area contributed by atoms with Crippen LogP contribution in [0.2, 0.25) is 0 Å². The predicted molar refractivity (Wildman–Crippen MR) is 94.8 cm³/mol. The molecule has 0 aliphatic carbocycles. The first-order valence-electron chi connectivity index (χ1n) is 8.86. The van der Waals surface area contributed by atoms with E-state index in [0.717, 1.165) is 18.4 Å². The van der Waals surface area contributed by atoms with E-state index in [1.54, 1.807) is 11.8 Å². The molecular formula is C19H28N2O4. The third-order valence-electron chi connectivity index (χ3n) is 4.56. The maximum Gasteiger partial charge on any atom is 0.408 e. The second-order valence-electron chi connectivity index (χ2n) is 6.91. The quantitative estimate of drug-likeness (QED) is 0.827. The number of ether oxygens (including phenoxy) is 1. The molecule has 1 heterocycles. The van der Waals surface area contributed by atoms with Crippen LogP contribution in [0, 0.1) is 5.92 Å². The highest BCUT2D eigenvalue weighted by atomic mass is 16.5. The number of hydrogen-bond donors (Lipinski definition) is 2. The molecule has 138 valence electrons. The number of hydrogen-bond acceptors (Lipinski definition) is 4. The van der Waals surface area contributed by atoms with Crippen LogP contribution in [-0.2, 0) is 16.1 Å². The number of likely N-dealkylation sites (tertiary alicyclic amines) is 1. The smallest absolute Gasteiger partial charge is 0.408 e. The molecule has 0 radical (unpaired) electrons. The van der Waals surface area contributed by atoms with Crippen LogP contribution in [0.15, 0.2) is 30.3 Å². The first kappa shape index (κ1) is 19.2. The number of alkyl carbamates (subject to hydrolysis) is 1. The number of aliphatic hydroxyl groups excluding tert-OH is 1. The summed E-state index contributed by atoms with van der Waals surface area (Å²) in [5.41, 5.74) is 0.888. The van der Waals surface area contributed by atoms with Gasteiger partial charge in [0.1, 0.15) is 12.6 Å². The Morgan fingerprint density at radius 3 is 2.56 bits per heavy atom. The largest absolute Gasteiger partial charge is 0.445 e. The Labute approximate surface area is 149 Å². The van der Waals surface area contributed by atoms with Gasteiger partial charge in [0.15, 0.2) is 0 Å². The summed E-state index contributed by atoms with van der Waals surface area (Å²) in [5, 5.41) is 12.6. The van der Waals surface area contributed by atoms with E-state index in [4.69, 9.17) is 4.74 Å². The number of nitrogens with one attached hydrogen (secondary N) is 1. The van der Waals surface area contributed by atoms with Crippen LogP contribution in [0.25, 0.3) is 0 Å². The van der Waals surface area contributed by atoms with Gasteiger partial charge in [0.25, 0.3) is 0 Å². The van der Waals surface area contributed by atoms with Gasteiger partial charge in [-0.25, -0.2) is 4.79 Å². The van der Waals surface area contributed by atoms with Crippen LogP contribution in [-0.4, -0.2) is 46.7 Å². The van der Waals surface area contributed by atoms with E-state index in [-0.39, 0.29) is 24.5 Å². The highest BCUT2D eigenvalue weighted by Gasteiger charge is 2.37. The SMILES string of the molecule is CC(C)[C@H](NC(=O)OCc1ccccc1)C(=O)N1CCCC1[C@H](C)O. The lowest BCUT2D eigenvalue weighted by atomic mass is 10.0. The Morgan fingerprint density at radius 2 is 1.96 bits per heavy atom. The molecule has 1 aromatic rings. The first-order chi connectivity index (χ1) is 11.9. The normalized spacial score (nSPS) is 19.6. The molecule has 0 saturated carbocycles. The van der Waals surface area contributed by atoms with Crippen LogP contribution >= 0.6 is 0 Å². The number of carbonyl (C=O) groups excluding carboxylic acids is 2. The highest BCUT2D eigenvalue weighted by Crippen LogP contribution is 2.22. The minimum Gasteiger partial charge on any atom is -0.445 e. The van der Waals surface area contributed by atoms with Crippen LogP contribution in [0.1, 0.15) is 39.2 Å².